The van der Waals surface area contributed by atoms with Gasteiger partial charge in [-0.3, -0.25) is 0 Å². The summed E-state index contributed by atoms with van der Waals surface area (Å²) in [5.74, 6) is 0. The van der Waals surface area contributed by atoms with Gasteiger partial charge in [0.15, 0.2) is 0 Å². The molecule has 30 valence electrons. The Kier molecular flexibility index (Phi) is 0.532. The first kappa shape index (κ1) is 3.62. The van der Waals surface area contributed by atoms with E-state index >= 15 is 0 Å². The number of hydrogen-bond donors (Lipinski definition) is 0. The molecule has 0 atom stereocenters. The summed E-state index contributed by atoms with van der Waals surface area (Å²) in [5.41, 5.74) is 0. The predicted octanol–water partition coefficient (Wildman–Crippen LogP) is -0.591. The third-order valence-corrected chi connectivity index (χ3v) is 11.2. The van der Waals surface area contributed by atoms with Crippen LogP contribution in [0.3, 0.4) is 0 Å². The summed E-state index contributed by atoms with van der Waals surface area (Å²) in [6.07, 6.45) is 0. The Morgan fingerprint density at radius 2 is 1.40 bits per heavy atom. The maximum atomic E-state index is 2.42. The van der Waals surface area contributed by atoms with Gasteiger partial charge in [-0.15, -0.1) is 0 Å². The van der Waals surface area contributed by atoms with Crippen molar-refractivity contribution in [2.24, 2.45) is 0 Å². The zero-order valence-corrected chi connectivity index (χ0v) is 6.74. The van der Waals surface area contributed by atoms with Crippen molar-refractivity contribution < 1.29 is 0 Å². The second-order valence-corrected chi connectivity index (χ2v) is 11.5. The molecule has 1 saturated heterocycles. The molecule has 0 aromatic rings. The first-order valence-corrected chi connectivity index (χ1v) is 7.62. The monoisotopic (exact) mass is 102 g/mol. The molecule has 0 spiro atoms. The molecule has 1 aliphatic rings. The molecule has 0 saturated carbocycles. The van der Waals surface area contributed by atoms with Crippen molar-refractivity contribution in [3.05, 3.63) is 0 Å². The minimum atomic E-state index is 0.633. The van der Waals surface area contributed by atoms with Gasteiger partial charge < -0.3 is 0 Å². The van der Waals surface area contributed by atoms with Crippen LogP contribution in [0.2, 0.25) is 4.66 Å². The molecule has 0 aromatic heterocycles. The van der Waals surface area contributed by atoms with E-state index < -0.39 is 0 Å². The van der Waals surface area contributed by atoms with E-state index in [0.717, 1.165) is 4.66 Å². The highest BCUT2D eigenvalue weighted by atomic mass is 29.2. The lowest BCUT2D eigenvalue weighted by atomic mass is 10.5. The Balaban J connectivity index is 2.38. The van der Waals surface area contributed by atoms with Crippen molar-refractivity contribution in [2.45, 2.75) is 18.5 Å². The summed E-state index contributed by atoms with van der Waals surface area (Å²) < 4.78 is 1.03. The van der Waals surface area contributed by atoms with Crippen LogP contribution in [-0.2, 0) is 0 Å². The molecule has 0 N–H and O–H groups in total. The third kappa shape index (κ3) is 0.889. The van der Waals surface area contributed by atoms with E-state index in [-0.39, 0.29) is 0 Å². The van der Waals surface area contributed by atoms with Crippen molar-refractivity contribution in [3.8, 4) is 0 Å². The van der Waals surface area contributed by atoms with Crippen LogP contribution < -0.4 is 0 Å². The molecule has 0 amide bonds. The second-order valence-electron chi connectivity index (χ2n) is 2.66. The molecular formula is C3H10Si2. The Morgan fingerprint density at radius 1 is 1.20 bits per heavy atom. The molecule has 0 bridgehead atoms. The Morgan fingerprint density at radius 3 is 1.40 bits per heavy atom. The molecule has 0 aromatic carbocycles. The fourth-order valence-corrected chi connectivity index (χ4v) is 2.25. The first-order valence-electron chi connectivity index (χ1n) is 2.21. The van der Waals surface area contributed by atoms with E-state index in [1.807, 2.05) is 0 Å². The van der Waals surface area contributed by atoms with Gasteiger partial charge in [0.25, 0.3) is 0 Å². The topological polar surface area (TPSA) is 0 Å². The van der Waals surface area contributed by atoms with Crippen LogP contribution in [-0.4, -0.2) is 18.1 Å². The van der Waals surface area contributed by atoms with Gasteiger partial charge in [0.2, 0.25) is 0 Å². The highest BCUT2D eigenvalue weighted by Crippen LogP contribution is 2.32. The molecule has 0 radical (unpaired) electrons. The van der Waals surface area contributed by atoms with Gasteiger partial charge in [0.1, 0.15) is 0 Å². The van der Waals surface area contributed by atoms with Gasteiger partial charge in [-0.2, -0.15) is 0 Å². The van der Waals surface area contributed by atoms with Crippen LogP contribution in [0, 0.1) is 0 Å². The minimum Gasteiger partial charge on any atom is -0.0663 e. The molecule has 0 aliphatic carbocycles. The van der Waals surface area contributed by atoms with Crippen molar-refractivity contribution in [1.29, 1.82) is 0 Å². The van der Waals surface area contributed by atoms with E-state index in [2.05, 4.69) is 13.8 Å². The Hall–Kier alpha value is 0.434. The van der Waals surface area contributed by atoms with E-state index in [1.165, 1.54) is 0 Å². The average Bonchev–Trinajstić information content (AvgIpc) is 1.76. The third-order valence-electron chi connectivity index (χ3n) is 1.25. The van der Waals surface area contributed by atoms with E-state index in [1.54, 1.807) is 0 Å². The maximum absolute atomic E-state index is 2.42. The van der Waals surface area contributed by atoms with Crippen LogP contribution in [0.5, 0.6) is 0 Å². The van der Waals surface area contributed by atoms with E-state index in [0.29, 0.717) is 18.1 Å². The summed E-state index contributed by atoms with van der Waals surface area (Å²) in [4.78, 5) is 0. The SMILES string of the molecule is CC1(C)[SiH2][SiH2]1. The standard InChI is InChI=1S/C3H10Si2/c1-3(2)4-5-3/h4-5H2,1-2H3. The Bertz CT molecular complexity index is 42.9. The van der Waals surface area contributed by atoms with E-state index in [4.69, 9.17) is 0 Å². The van der Waals surface area contributed by atoms with Crippen molar-refractivity contribution in [1.82, 2.24) is 0 Å². The summed E-state index contributed by atoms with van der Waals surface area (Å²) in [6.45, 7) is 4.84. The predicted molar refractivity (Wildman–Crippen MR) is 31.1 cm³/mol. The van der Waals surface area contributed by atoms with Gasteiger partial charge in [-0.1, -0.05) is 18.5 Å². The zero-order valence-electron chi connectivity index (χ0n) is 3.91. The fourth-order valence-electron chi connectivity index (χ4n) is 0.250. The molecule has 0 nitrogen and oxygen atoms in total. The van der Waals surface area contributed by atoms with Crippen molar-refractivity contribution in [3.63, 3.8) is 0 Å². The zero-order chi connectivity index (χ0) is 3.91. The maximum Gasteiger partial charge on any atom is 0.0110 e. The van der Waals surface area contributed by atoms with Gasteiger partial charge >= 0.3 is 0 Å². The van der Waals surface area contributed by atoms with Gasteiger partial charge in [0, 0.05) is 18.1 Å². The molecule has 5 heavy (non-hydrogen) atoms. The molecule has 0 unspecified atom stereocenters. The quantitative estimate of drug-likeness (QED) is 0.359. The normalized spacial score (nSPS) is 39.6. The smallest absolute Gasteiger partial charge is 0.0110 e. The molecule has 2 heteroatoms. The molecule has 1 aliphatic heterocycles. The average molecular weight is 102 g/mol. The van der Waals surface area contributed by atoms with Crippen LogP contribution in [0.1, 0.15) is 13.8 Å². The van der Waals surface area contributed by atoms with Crippen molar-refractivity contribution >= 4 is 18.1 Å². The highest BCUT2D eigenvalue weighted by Gasteiger charge is 2.32. The summed E-state index contributed by atoms with van der Waals surface area (Å²) in [6, 6.07) is 0. The van der Waals surface area contributed by atoms with Crippen LogP contribution in [0.15, 0.2) is 0 Å². The fraction of sp³-hybridized carbons (Fsp3) is 1.00. The van der Waals surface area contributed by atoms with Crippen LogP contribution in [0.25, 0.3) is 0 Å². The summed E-state index contributed by atoms with van der Waals surface area (Å²) >= 11 is 0. The largest absolute Gasteiger partial charge is 0.0663 e. The lowest BCUT2D eigenvalue weighted by molar-refractivity contribution is 1.01. The number of rotatable bonds is 0. The highest BCUT2D eigenvalue weighted by molar-refractivity contribution is 7.24. The van der Waals surface area contributed by atoms with Gasteiger partial charge in [0.05, 0.1) is 0 Å². The lowest BCUT2D eigenvalue weighted by Crippen LogP contribution is -1.72. The lowest BCUT2D eigenvalue weighted by Gasteiger charge is -1.86. The van der Waals surface area contributed by atoms with Crippen LogP contribution in [0.4, 0.5) is 0 Å². The molecule has 1 heterocycles. The summed E-state index contributed by atoms with van der Waals surface area (Å²) in [7, 11) is 1.27. The van der Waals surface area contributed by atoms with Crippen LogP contribution >= 0.6 is 0 Å². The Labute approximate surface area is 37.4 Å². The van der Waals surface area contributed by atoms with Gasteiger partial charge in [-0.25, -0.2) is 0 Å². The number of hydrogen-bond acceptors (Lipinski definition) is 0. The van der Waals surface area contributed by atoms with E-state index in [9.17, 15) is 0 Å². The molecule has 1 fully saturated rings. The summed E-state index contributed by atoms with van der Waals surface area (Å²) in [5, 5.41) is 0. The van der Waals surface area contributed by atoms with Gasteiger partial charge in [-0.05, 0) is 0 Å². The second kappa shape index (κ2) is 0.735. The van der Waals surface area contributed by atoms with Crippen molar-refractivity contribution in [2.75, 3.05) is 0 Å². The molecular weight excluding hydrogens is 92.2 g/mol. The molecule has 1 rings (SSSR count). The first-order chi connectivity index (χ1) is 2.21. The minimum absolute atomic E-state index is 0.633.